The van der Waals surface area contributed by atoms with Crippen molar-refractivity contribution in [3.05, 3.63) is 33.9 Å². The smallest absolute Gasteiger partial charge is 0.155 e. The van der Waals surface area contributed by atoms with Crippen LogP contribution in [0.1, 0.15) is 48.9 Å². The van der Waals surface area contributed by atoms with Crippen molar-refractivity contribution in [1.29, 1.82) is 0 Å². The average molecular weight is 845 g/mol. The summed E-state index contributed by atoms with van der Waals surface area (Å²) in [5, 5.41) is 88.1. The van der Waals surface area contributed by atoms with Gasteiger partial charge in [-0.3, -0.25) is 4.79 Å². The van der Waals surface area contributed by atoms with Crippen molar-refractivity contribution >= 4 is 297 Å². The van der Waals surface area contributed by atoms with Gasteiger partial charge in [-0.05, 0) is 332 Å². The molecule has 0 bridgehead atoms. The third-order valence-electron chi connectivity index (χ3n) is 25.7. The molecule has 2 spiro atoms. The van der Waals surface area contributed by atoms with Crippen molar-refractivity contribution in [3.63, 3.8) is 0 Å². The number of benzene rings is 18. The Kier molecular flexibility index (Phi) is 2.16. The summed E-state index contributed by atoms with van der Waals surface area (Å²) in [6.45, 7) is 4.38. The van der Waals surface area contributed by atoms with Gasteiger partial charge in [-0.15, -0.1) is 0 Å². The summed E-state index contributed by atoms with van der Waals surface area (Å²) < 4.78 is 0. The molecular weight excluding hydrogens is 833 g/mol. The minimum Gasteiger partial charge on any atom is -0.295 e. The summed E-state index contributed by atoms with van der Waals surface area (Å²) in [5.74, 6) is 0.417. The van der Waals surface area contributed by atoms with E-state index in [-0.39, 0.29) is 5.92 Å². The minimum atomic E-state index is -0.459. The van der Waals surface area contributed by atoms with Gasteiger partial charge in [-0.25, -0.2) is 0 Å². The molecule has 0 saturated carbocycles. The molecule has 1 atom stereocenters. The summed E-state index contributed by atoms with van der Waals surface area (Å²) in [7, 11) is 0. The molecule has 28 aromatic carbocycles. The van der Waals surface area contributed by atoms with Crippen LogP contribution in [-0.4, -0.2) is 5.78 Å². The lowest BCUT2D eigenvalue weighted by Gasteiger charge is -2.53. The van der Waals surface area contributed by atoms with Crippen LogP contribution < -0.4 is 0 Å². The second-order valence-electron chi connectivity index (χ2n) is 25.9. The van der Waals surface area contributed by atoms with Crippen molar-refractivity contribution in [2.45, 2.75) is 37.5 Å². The van der Waals surface area contributed by atoms with E-state index in [2.05, 4.69) is 13.0 Å². The van der Waals surface area contributed by atoms with Crippen LogP contribution in [0.4, 0.5) is 0 Å². The number of hydrogen-bond donors (Lipinski definition) is 0. The van der Waals surface area contributed by atoms with E-state index in [4.69, 9.17) is 0 Å². The van der Waals surface area contributed by atoms with Gasteiger partial charge in [-0.1, -0.05) is 19.4 Å². The standard InChI is InChI=1S/C68H12O/c1-3-4-8-7(6(2)69)5-67-63-55-47-37-27-19-11-9-10-13-17-15(11)23-31-25(17)35-29-21(13)22-14(10)18-16-12(9)20(19)28-34-24(16)32-26(18)36-30(22)40-39(29)51-45(35)53-43(31)49(41(47)33(23)27)57(63)59(53)65-61(51)62-52(40)46(36)54-44(32)50-42(34)48(38(28)37)56(55)64(67)58(50)60(54)66(62)68(8,65)67/h5,8H,3-4H2,1-2H3. The fourth-order valence-electron chi connectivity index (χ4n) is 25.8. The molecule has 0 saturated heterocycles. The van der Waals surface area contributed by atoms with E-state index in [0.717, 1.165) is 18.4 Å². The fraction of sp³-hybridized carbons (Fsp3) is 0.103. The zero-order valence-corrected chi connectivity index (χ0v) is 36.0. The van der Waals surface area contributed by atoms with E-state index < -0.39 is 10.8 Å². The van der Waals surface area contributed by atoms with E-state index >= 15 is 4.79 Å². The lowest BCUT2D eigenvalue weighted by Crippen LogP contribution is -2.52. The molecule has 0 radical (unpaired) electrons. The van der Waals surface area contributed by atoms with Gasteiger partial charge in [0.15, 0.2) is 5.78 Å². The monoisotopic (exact) mass is 844 g/mol. The van der Waals surface area contributed by atoms with Gasteiger partial charge < -0.3 is 0 Å². The van der Waals surface area contributed by atoms with Crippen LogP contribution in [0.2, 0.25) is 0 Å². The largest absolute Gasteiger partial charge is 0.295 e. The molecule has 5 aliphatic rings. The zero-order valence-electron chi connectivity index (χ0n) is 36.0. The van der Waals surface area contributed by atoms with Crippen LogP contribution in [0, 0.1) is 5.92 Å². The summed E-state index contributed by atoms with van der Waals surface area (Å²) >= 11 is 0. The molecule has 0 aliphatic heterocycles. The minimum absolute atomic E-state index is 0.107. The van der Waals surface area contributed by atoms with Crippen molar-refractivity contribution in [3.8, 4) is 0 Å². The van der Waals surface area contributed by atoms with Gasteiger partial charge in [0.1, 0.15) is 0 Å². The maximum Gasteiger partial charge on any atom is 0.155 e. The highest BCUT2D eigenvalue weighted by Gasteiger charge is 2.74. The lowest BCUT2D eigenvalue weighted by molar-refractivity contribution is -0.114. The predicted molar refractivity (Wildman–Crippen MR) is 291 cm³/mol. The number of Topliss-reactive ketones (excluding diaryl/α,β-unsaturated/α-hetero) is 1. The number of carbonyl (C=O) groups excluding carboxylic acids is 1. The number of rotatable bonds is 3. The number of carbonyl (C=O) groups is 1. The van der Waals surface area contributed by atoms with E-state index in [1.54, 1.807) is 313 Å². The van der Waals surface area contributed by atoms with Crippen molar-refractivity contribution < 1.29 is 4.79 Å². The van der Waals surface area contributed by atoms with E-state index in [1.165, 1.54) is 0 Å². The molecule has 1 heteroatoms. The molecule has 0 amide bonds. The van der Waals surface area contributed by atoms with Crippen molar-refractivity contribution in [2.75, 3.05) is 0 Å². The van der Waals surface area contributed by atoms with E-state index in [9.17, 15) is 0 Å². The van der Waals surface area contributed by atoms with Gasteiger partial charge in [0.05, 0.1) is 5.41 Å². The second-order valence-corrected chi connectivity index (χ2v) is 25.9. The predicted octanol–water partition coefficient (Wildman–Crippen LogP) is 18.2. The van der Waals surface area contributed by atoms with Gasteiger partial charge in [0, 0.05) is 11.3 Å². The van der Waals surface area contributed by atoms with Crippen LogP contribution in [0.25, 0.3) is 291 Å². The van der Waals surface area contributed by atoms with Crippen molar-refractivity contribution in [2.24, 2.45) is 5.92 Å². The van der Waals surface area contributed by atoms with Crippen molar-refractivity contribution in [1.82, 2.24) is 0 Å². The highest BCUT2D eigenvalue weighted by atomic mass is 16.1. The molecular formula is C68H12O. The first kappa shape index (κ1) is 25.9. The summed E-state index contributed by atoms with van der Waals surface area (Å²) in [6.07, 6.45) is 4.87. The lowest BCUT2D eigenvalue weighted by atomic mass is 9.47. The van der Waals surface area contributed by atoms with Crippen LogP contribution in [0.15, 0.2) is 11.6 Å². The topological polar surface area (TPSA) is 17.1 Å². The van der Waals surface area contributed by atoms with E-state index in [1.807, 2.05) is 6.92 Å². The first-order chi connectivity index (χ1) is 34.2. The molecule has 0 aromatic heterocycles. The maximum absolute atomic E-state index is 15.1. The molecule has 0 fully saturated rings. The highest BCUT2D eigenvalue weighted by molar-refractivity contribution is 6.82. The van der Waals surface area contributed by atoms with Gasteiger partial charge in [-0.2, -0.15) is 0 Å². The Morgan fingerprint density at radius 3 is 0.652 bits per heavy atom. The Balaban J connectivity index is 1.22. The molecule has 69 heavy (non-hydrogen) atoms. The van der Waals surface area contributed by atoms with Crippen LogP contribution >= 0.6 is 0 Å². The Bertz CT molecular complexity index is 7050. The van der Waals surface area contributed by atoms with Crippen LogP contribution in [0.5, 0.6) is 0 Å². The van der Waals surface area contributed by atoms with Crippen LogP contribution in [-0.2, 0) is 15.6 Å². The molecule has 290 valence electrons. The zero-order chi connectivity index (χ0) is 41.3. The molecule has 1 unspecified atom stereocenters. The van der Waals surface area contributed by atoms with Gasteiger partial charge >= 0.3 is 0 Å². The Hall–Kier alpha value is -8.13. The first-order valence-corrected chi connectivity index (χ1v) is 26.2. The first-order valence-electron chi connectivity index (χ1n) is 26.2. The normalized spacial score (nSPS) is 23.7. The average Bonchev–Trinajstić information content (AvgIpc) is 4.21. The van der Waals surface area contributed by atoms with Crippen LogP contribution in [0.3, 0.4) is 0 Å². The van der Waals surface area contributed by atoms with E-state index in [0.29, 0.717) is 5.78 Å². The van der Waals surface area contributed by atoms with Gasteiger partial charge in [0.2, 0.25) is 0 Å². The Labute approximate surface area is 376 Å². The number of hydrogen-bond acceptors (Lipinski definition) is 1. The Morgan fingerprint density at radius 1 is 0.304 bits per heavy atom. The van der Waals surface area contributed by atoms with Gasteiger partial charge in [0.25, 0.3) is 0 Å². The molecule has 1 nitrogen and oxygen atoms in total. The number of allylic oxidation sites excluding steroid dienone is 2. The maximum atomic E-state index is 15.1. The summed E-state index contributed by atoms with van der Waals surface area (Å²) in [5.41, 5.74) is 6.96. The quantitative estimate of drug-likeness (QED) is 0.162. The summed E-state index contributed by atoms with van der Waals surface area (Å²) in [4.78, 5) is 15.1. The second kappa shape index (κ2) is 5.76. The molecule has 5 aliphatic carbocycles. The molecule has 28 aromatic rings. The summed E-state index contributed by atoms with van der Waals surface area (Å²) in [6, 6.07) is 0. The SMILES string of the molecule is CCCC1C(C(C)=O)=CC23c4c5c6c7c8c9c(c%10c%11c2c2c4c4c%12c5c5c6c6c8c8c%13c9c9c%10c%10c%11c%11c2c2c4c4c%12c%12c5c5c6c8c6c8c%13c9c9c%10c%10c%11c2c2c4c4c%12c5c6c5c8c9c%10c2c45)C713. The molecule has 0 heterocycles. The Morgan fingerprint density at radius 2 is 0.478 bits per heavy atom. The third kappa shape index (κ3) is 1.34. The number of ketones is 1. The fourth-order valence-corrected chi connectivity index (χ4v) is 25.8. The molecule has 0 N–H and O–H groups in total. The third-order valence-corrected chi connectivity index (χ3v) is 25.7. The highest BCUT2D eigenvalue weighted by Crippen LogP contribution is 2.87. The molecule has 33 rings (SSSR count).